The van der Waals surface area contributed by atoms with Gasteiger partial charge in [0.15, 0.2) is 0 Å². The third-order valence-corrected chi connectivity index (χ3v) is 4.28. The molecule has 0 unspecified atom stereocenters. The van der Waals surface area contributed by atoms with Gasteiger partial charge in [0.25, 0.3) is 5.88 Å². The molecule has 2 heterocycles. The number of unbranched alkanes of at least 4 members (excludes halogenated alkanes) is 2. The maximum atomic E-state index is 9.93. The summed E-state index contributed by atoms with van der Waals surface area (Å²) < 4.78 is 13.3. The number of nitrogens with zero attached hydrogens (tertiary/aromatic N) is 3. The van der Waals surface area contributed by atoms with Crippen molar-refractivity contribution in [2.75, 3.05) is 13.6 Å². The van der Waals surface area contributed by atoms with E-state index in [4.69, 9.17) is 4.74 Å². The maximum Gasteiger partial charge on any atom is 0.323 e. The van der Waals surface area contributed by atoms with E-state index in [1.165, 1.54) is 4.90 Å². The van der Waals surface area contributed by atoms with Crippen molar-refractivity contribution < 1.29 is 25.2 Å². The number of hydrogen-bond donors (Lipinski definition) is 4. The van der Waals surface area contributed by atoms with E-state index in [0.29, 0.717) is 17.7 Å². The lowest BCUT2D eigenvalue weighted by molar-refractivity contribution is -0.297. The summed E-state index contributed by atoms with van der Waals surface area (Å²) >= 11 is 0.898. The van der Waals surface area contributed by atoms with Crippen molar-refractivity contribution >= 4 is 17.3 Å². The fourth-order valence-electron chi connectivity index (χ4n) is 2.29. The molecule has 0 amide bonds. The second-order valence-electron chi connectivity index (χ2n) is 5.78. The lowest BCUT2D eigenvalue weighted by atomic mass is 10.0. The molecule has 0 radical (unpaired) electrons. The van der Waals surface area contributed by atoms with Gasteiger partial charge in [0.05, 0.1) is 11.7 Å². The summed E-state index contributed by atoms with van der Waals surface area (Å²) in [4.78, 5) is 1.36. The standard InChI is InChI=1S/C14H23N3O5S/c1-3-4-5-7-14(20,21)22-12-11(15-23-16-12)10-6-8-13(18,19)17(2)9-10/h6,18-21H,3-5,7-9H2,1-2H3. The lowest BCUT2D eigenvalue weighted by Crippen LogP contribution is -2.48. The minimum Gasteiger partial charge on any atom is -0.418 e. The molecule has 130 valence electrons. The quantitative estimate of drug-likeness (QED) is 0.416. The summed E-state index contributed by atoms with van der Waals surface area (Å²) in [5, 5.41) is 39.3. The van der Waals surface area contributed by atoms with Gasteiger partial charge in [-0.15, -0.1) is 4.37 Å². The van der Waals surface area contributed by atoms with E-state index < -0.39 is 11.9 Å². The molecule has 0 saturated heterocycles. The van der Waals surface area contributed by atoms with Crippen molar-refractivity contribution in [1.29, 1.82) is 0 Å². The van der Waals surface area contributed by atoms with Gasteiger partial charge >= 0.3 is 5.97 Å². The van der Waals surface area contributed by atoms with Gasteiger partial charge in [-0.1, -0.05) is 25.8 Å². The minimum absolute atomic E-state index is 0.00962. The van der Waals surface area contributed by atoms with Crippen molar-refractivity contribution in [3.8, 4) is 5.88 Å². The second-order valence-corrected chi connectivity index (χ2v) is 6.31. The number of rotatable bonds is 7. The number of hydrogen-bond acceptors (Lipinski definition) is 9. The first kappa shape index (κ1) is 18.2. The lowest BCUT2D eigenvalue weighted by Gasteiger charge is -2.35. The third kappa shape index (κ3) is 4.69. The molecule has 0 fully saturated rings. The molecule has 1 aromatic rings. The predicted octanol–water partition coefficient (Wildman–Crippen LogP) is 0.493. The maximum absolute atomic E-state index is 9.93. The van der Waals surface area contributed by atoms with Crippen LogP contribution >= 0.6 is 11.7 Å². The van der Waals surface area contributed by atoms with Gasteiger partial charge in [0.2, 0.25) is 5.91 Å². The highest BCUT2D eigenvalue weighted by molar-refractivity contribution is 6.99. The van der Waals surface area contributed by atoms with Gasteiger partial charge in [0, 0.05) is 19.4 Å². The van der Waals surface area contributed by atoms with Crippen LogP contribution in [0.15, 0.2) is 6.08 Å². The van der Waals surface area contributed by atoms with Crippen LogP contribution in [0.4, 0.5) is 0 Å². The normalized spacial score (nSPS) is 18.8. The number of aliphatic hydroxyl groups is 4. The molecular weight excluding hydrogens is 322 g/mol. The Kier molecular flexibility index (Phi) is 5.71. The van der Waals surface area contributed by atoms with Crippen molar-refractivity contribution in [2.24, 2.45) is 0 Å². The van der Waals surface area contributed by atoms with E-state index in [-0.39, 0.29) is 25.3 Å². The molecule has 0 atom stereocenters. The molecule has 0 aromatic carbocycles. The fourth-order valence-corrected chi connectivity index (χ4v) is 2.80. The zero-order valence-electron chi connectivity index (χ0n) is 13.3. The van der Waals surface area contributed by atoms with E-state index in [2.05, 4.69) is 8.75 Å². The SMILES string of the molecule is CCCCCC(O)(O)Oc1nsnc1C1=CCC(O)(O)N(C)C1. The van der Waals surface area contributed by atoms with Crippen LogP contribution in [0.25, 0.3) is 5.57 Å². The summed E-state index contributed by atoms with van der Waals surface area (Å²) in [7, 11) is 1.57. The van der Waals surface area contributed by atoms with E-state index in [1.54, 1.807) is 13.1 Å². The van der Waals surface area contributed by atoms with Crippen LogP contribution in [0.2, 0.25) is 0 Å². The average molecular weight is 345 g/mol. The molecule has 23 heavy (non-hydrogen) atoms. The molecule has 2 rings (SSSR count). The van der Waals surface area contributed by atoms with Gasteiger partial charge in [-0.3, -0.25) is 4.90 Å². The molecule has 0 saturated carbocycles. The summed E-state index contributed by atoms with van der Waals surface area (Å²) in [6.45, 7) is 2.25. The first-order valence-corrected chi connectivity index (χ1v) is 8.30. The summed E-state index contributed by atoms with van der Waals surface area (Å²) in [6.07, 6.45) is 4.18. The Morgan fingerprint density at radius 1 is 1.35 bits per heavy atom. The molecule has 0 spiro atoms. The first-order valence-electron chi connectivity index (χ1n) is 7.57. The summed E-state index contributed by atoms with van der Waals surface area (Å²) in [5.74, 6) is -4.15. The largest absolute Gasteiger partial charge is 0.418 e. The highest BCUT2D eigenvalue weighted by atomic mass is 32.1. The monoisotopic (exact) mass is 345 g/mol. The van der Waals surface area contributed by atoms with Crippen molar-refractivity contribution in [3.63, 3.8) is 0 Å². The Labute approximate surface area is 139 Å². The van der Waals surface area contributed by atoms with Crippen LogP contribution in [-0.4, -0.2) is 59.5 Å². The predicted molar refractivity (Wildman–Crippen MR) is 84.2 cm³/mol. The Morgan fingerprint density at radius 3 is 2.74 bits per heavy atom. The Morgan fingerprint density at radius 2 is 2.09 bits per heavy atom. The van der Waals surface area contributed by atoms with Crippen LogP contribution in [-0.2, 0) is 0 Å². The van der Waals surface area contributed by atoms with Crippen molar-refractivity contribution in [2.45, 2.75) is 50.9 Å². The second kappa shape index (κ2) is 7.20. The first-order chi connectivity index (χ1) is 10.7. The zero-order valence-corrected chi connectivity index (χ0v) is 14.1. The van der Waals surface area contributed by atoms with Crippen LogP contribution in [0.3, 0.4) is 0 Å². The van der Waals surface area contributed by atoms with Crippen molar-refractivity contribution in [1.82, 2.24) is 13.6 Å². The number of likely N-dealkylation sites (N-methyl/N-ethyl adjacent to an activating group) is 1. The Balaban J connectivity index is 2.10. The van der Waals surface area contributed by atoms with Gasteiger partial charge < -0.3 is 25.2 Å². The van der Waals surface area contributed by atoms with E-state index in [9.17, 15) is 20.4 Å². The fraction of sp³-hybridized carbons (Fsp3) is 0.714. The summed E-state index contributed by atoms with van der Waals surface area (Å²) in [6, 6.07) is 0. The van der Waals surface area contributed by atoms with Crippen LogP contribution < -0.4 is 4.74 Å². The molecule has 0 bridgehead atoms. The van der Waals surface area contributed by atoms with Crippen LogP contribution in [0.1, 0.15) is 44.7 Å². The number of ether oxygens (including phenoxy) is 1. The molecule has 1 aliphatic rings. The number of aromatic nitrogens is 2. The van der Waals surface area contributed by atoms with Gasteiger partial charge in [-0.25, -0.2) is 0 Å². The Hall–Kier alpha value is -1.10. The summed E-state index contributed by atoms with van der Waals surface area (Å²) in [5.41, 5.74) is 1.08. The minimum atomic E-state index is -2.29. The van der Waals surface area contributed by atoms with Gasteiger partial charge in [-0.05, 0) is 19.0 Å². The topological polar surface area (TPSA) is 119 Å². The molecule has 9 heteroatoms. The van der Waals surface area contributed by atoms with Crippen molar-refractivity contribution in [3.05, 3.63) is 11.8 Å². The van der Waals surface area contributed by atoms with Gasteiger partial charge in [0.1, 0.15) is 5.69 Å². The molecule has 8 nitrogen and oxygen atoms in total. The smallest absolute Gasteiger partial charge is 0.323 e. The van der Waals surface area contributed by atoms with E-state index in [0.717, 1.165) is 24.6 Å². The van der Waals surface area contributed by atoms with E-state index >= 15 is 0 Å². The van der Waals surface area contributed by atoms with E-state index in [1.807, 2.05) is 6.92 Å². The average Bonchev–Trinajstić information content (AvgIpc) is 2.89. The molecule has 1 aromatic heterocycles. The molecule has 0 aliphatic carbocycles. The Bertz CT molecular complexity index is 558. The highest BCUT2D eigenvalue weighted by Gasteiger charge is 2.35. The highest BCUT2D eigenvalue weighted by Crippen LogP contribution is 2.32. The third-order valence-electron chi connectivity index (χ3n) is 3.77. The molecular formula is C14H23N3O5S. The van der Waals surface area contributed by atoms with Gasteiger partial charge in [-0.2, -0.15) is 4.37 Å². The molecule has 1 aliphatic heterocycles. The molecule has 4 N–H and O–H groups in total. The van der Waals surface area contributed by atoms with Crippen LogP contribution in [0.5, 0.6) is 5.88 Å². The van der Waals surface area contributed by atoms with Crippen LogP contribution in [0, 0.1) is 0 Å². The zero-order chi connectivity index (χ0) is 17.1.